The van der Waals surface area contributed by atoms with Crippen molar-refractivity contribution < 1.29 is 13.9 Å². The summed E-state index contributed by atoms with van der Waals surface area (Å²) >= 11 is 0. The third-order valence-corrected chi connectivity index (χ3v) is 4.14. The molecule has 1 aliphatic heterocycles. The number of ether oxygens (including phenoxy) is 1. The standard InChI is InChI=1S/C18H20FN3O2/c1-24-17-7-6-13(10-20-17)11-22-9-8-14(12-22)21-18(23)15-4-2-3-5-16(15)19/h2-7,10,14H,8-9,11-12H2,1H3,(H,21,23)/t14-/m0/s1. The number of carbonyl (C=O) groups is 1. The van der Waals surface area contributed by atoms with Crippen LogP contribution in [-0.4, -0.2) is 42.0 Å². The fourth-order valence-corrected chi connectivity index (χ4v) is 2.89. The highest BCUT2D eigenvalue weighted by Gasteiger charge is 2.25. The van der Waals surface area contributed by atoms with E-state index in [1.807, 2.05) is 12.1 Å². The summed E-state index contributed by atoms with van der Waals surface area (Å²) in [5, 5.41) is 2.91. The van der Waals surface area contributed by atoms with Crippen LogP contribution in [0.4, 0.5) is 4.39 Å². The lowest BCUT2D eigenvalue weighted by Crippen LogP contribution is -2.37. The van der Waals surface area contributed by atoms with Crippen LogP contribution < -0.4 is 10.1 Å². The van der Waals surface area contributed by atoms with Crippen molar-refractivity contribution in [3.8, 4) is 5.88 Å². The maximum atomic E-state index is 13.7. The SMILES string of the molecule is COc1ccc(CN2CC[C@H](NC(=O)c3ccccc3F)C2)cn1. The van der Waals surface area contributed by atoms with Crippen LogP contribution in [0.25, 0.3) is 0 Å². The van der Waals surface area contributed by atoms with Crippen LogP contribution in [0.2, 0.25) is 0 Å². The molecule has 0 saturated carbocycles. The van der Waals surface area contributed by atoms with Gasteiger partial charge in [-0.05, 0) is 24.1 Å². The lowest BCUT2D eigenvalue weighted by atomic mass is 10.1. The lowest BCUT2D eigenvalue weighted by molar-refractivity contribution is 0.0933. The number of methoxy groups -OCH3 is 1. The van der Waals surface area contributed by atoms with E-state index in [4.69, 9.17) is 4.74 Å². The maximum Gasteiger partial charge on any atom is 0.254 e. The zero-order chi connectivity index (χ0) is 16.9. The van der Waals surface area contributed by atoms with Crippen LogP contribution in [0.3, 0.4) is 0 Å². The summed E-state index contributed by atoms with van der Waals surface area (Å²) in [4.78, 5) is 18.6. The zero-order valence-electron chi connectivity index (χ0n) is 13.5. The van der Waals surface area contributed by atoms with E-state index in [1.54, 1.807) is 25.4 Å². The number of likely N-dealkylation sites (tertiary alicyclic amines) is 1. The van der Waals surface area contributed by atoms with Gasteiger partial charge in [0.1, 0.15) is 5.82 Å². The highest BCUT2D eigenvalue weighted by molar-refractivity contribution is 5.94. The predicted octanol–water partition coefficient (Wildman–Crippen LogP) is 2.23. The fourth-order valence-electron chi connectivity index (χ4n) is 2.89. The fraction of sp³-hybridized carbons (Fsp3) is 0.333. The second-order valence-electron chi connectivity index (χ2n) is 5.88. The summed E-state index contributed by atoms with van der Waals surface area (Å²) in [6.45, 7) is 2.39. The number of pyridine rings is 1. The first kappa shape index (κ1) is 16.4. The molecule has 0 spiro atoms. The molecule has 0 radical (unpaired) electrons. The van der Waals surface area contributed by atoms with Crippen molar-refractivity contribution in [3.63, 3.8) is 0 Å². The Morgan fingerprint density at radius 1 is 1.38 bits per heavy atom. The Morgan fingerprint density at radius 2 is 2.21 bits per heavy atom. The number of nitrogens with one attached hydrogen (secondary N) is 1. The first-order chi connectivity index (χ1) is 11.7. The van der Waals surface area contributed by atoms with E-state index in [0.717, 1.165) is 31.6 Å². The normalized spacial score (nSPS) is 17.7. The monoisotopic (exact) mass is 329 g/mol. The van der Waals surface area contributed by atoms with Crippen molar-refractivity contribution in [2.45, 2.75) is 19.0 Å². The minimum atomic E-state index is -0.492. The first-order valence-electron chi connectivity index (χ1n) is 7.92. The number of benzene rings is 1. The van der Waals surface area contributed by atoms with Gasteiger partial charge in [-0.3, -0.25) is 9.69 Å². The van der Waals surface area contributed by atoms with Gasteiger partial charge in [0.2, 0.25) is 5.88 Å². The van der Waals surface area contributed by atoms with Crippen molar-refractivity contribution in [2.75, 3.05) is 20.2 Å². The van der Waals surface area contributed by atoms with Crippen molar-refractivity contribution in [1.29, 1.82) is 0 Å². The van der Waals surface area contributed by atoms with Crippen molar-refractivity contribution in [3.05, 3.63) is 59.5 Å². The lowest BCUT2D eigenvalue weighted by Gasteiger charge is -2.17. The molecule has 3 rings (SSSR count). The molecule has 1 N–H and O–H groups in total. The van der Waals surface area contributed by atoms with Gasteiger partial charge in [0.15, 0.2) is 0 Å². The van der Waals surface area contributed by atoms with E-state index in [1.165, 1.54) is 12.1 Å². The van der Waals surface area contributed by atoms with Crippen molar-refractivity contribution >= 4 is 5.91 Å². The quantitative estimate of drug-likeness (QED) is 0.914. The highest BCUT2D eigenvalue weighted by Crippen LogP contribution is 2.15. The van der Waals surface area contributed by atoms with Gasteiger partial charge < -0.3 is 10.1 Å². The van der Waals surface area contributed by atoms with Crippen LogP contribution >= 0.6 is 0 Å². The zero-order valence-corrected chi connectivity index (χ0v) is 13.5. The van der Waals surface area contributed by atoms with Crippen LogP contribution in [0.1, 0.15) is 22.3 Å². The number of rotatable bonds is 5. The molecule has 0 unspecified atom stereocenters. The minimum Gasteiger partial charge on any atom is -0.481 e. The second kappa shape index (κ2) is 7.40. The molecule has 1 aromatic heterocycles. The largest absolute Gasteiger partial charge is 0.481 e. The molecule has 2 aromatic rings. The number of amides is 1. The Morgan fingerprint density at radius 3 is 2.92 bits per heavy atom. The number of hydrogen-bond donors (Lipinski definition) is 1. The number of hydrogen-bond acceptors (Lipinski definition) is 4. The molecule has 0 bridgehead atoms. The molecule has 1 aromatic carbocycles. The number of carbonyl (C=O) groups excluding carboxylic acids is 1. The predicted molar refractivity (Wildman–Crippen MR) is 88.3 cm³/mol. The minimum absolute atomic E-state index is 0.0308. The summed E-state index contributed by atoms with van der Waals surface area (Å²) in [6, 6.07) is 9.89. The van der Waals surface area contributed by atoms with Gasteiger partial charge in [-0.2, -0.15) is 0 Å². The molecule has 6 heteroatoms. The van der Waals surface area contributed by atoms with E-state index >= 15 is 0 Å². The van der Waals surface area contributed by atoms with Crippen molar-refractivity contribution in [2.24, 2.45) is 0 Å². The van der Waals surface area contributed by atoms with Gasteiger partial charge in [0, 0.05) is 37.9 Å². The third-order valence-electron chi connectivity index (χ3n) is 4.14. The van der Waals surface area contributed by atoms with Gasteiger partial charge in [-0.15, -0.1) is 0 Å². The molecular weight excluding hydrogens is 309 g/mol. The molecule has 1 saturated heterocycles. The Labute approximate surface area is 140 Å². The van der Waals surface area contributed by atoms with Crippen molar-refractivity contribution in [1.82, 2.24) is 15.2 Å². The van der Waals surface area contributed by atoms with Gasteiger partial charge >= 0.3 is 0 Å². The average Bonchev–Trinajstić information content (AvgIpc) is 3.02. The molecule has 1 atom stereocenters. The molecule has 1 amide bonds. The number of halogens is 1. The molecule has 2 heterocycles. The molecule has 126 valence electrons. The number of aromatic nitrogens is 1. The summed E-state index contributed by atoms with van der Waals surface area (Å²) in [7, 11) is 1.59. The van der Waals surface area contributed by atoms with Gasteiger partial charge in [0.05, 0.1) is 12.7 Å². The first-order valence-corrected chi connectivity index (χ1v) is 7.92. The highest BCUT2D eigenvalue weighted by atomic mass is 19.1. The van der Waals surface area contributed by atoms with Gasteiger partial charge in [-0.1, -0.05) is 18.2 Å². The molecule has 1 aliphatic rings. The van der Waals surface area contributed by atoms with E-state index in [2.05, 4.69) is 15.2 Å². The molecule has 0 aliphatic carbocycles. The van der Waals surface area contributed by atoms with E-state index in [9.17, 15) is 9.18 Å². The van der Waals surface area contributed by atoms with Gasteiger partial charge in [0.25, 0.3) is 5.91 Å². The average molecular weight is 329 g/mol. The van der Waals surface area contributed by atoms with Crippen LogP contribution in [-0.2, 0) is 6.54 Å². The summed E-state index contributed by atoms with van der Waals surface area (Å²) in [6.07, 6.45) is 2.65. The number of nitrogens with zero attached hydrogens (tertiary/aromatic N) is 2. The molecular formula is C18H20FN3O2. The topological polar surface area (TPSA) is 54.5 Å². The van der Waals surface area contributed by atoms with Crippen LogP contribution in [0.15, 0.2) is 42.6 Å². The summed E-state index contributed by atoms with van der Waals surface area (Å²) in [5.74, 6) is -0.254. The summed E-state index contributed by atoms with van der Waals surface area (Å²) < 4.78 is 18.7. The Kier molecular flexibility index (Phi) is 5.05. The maximum absolute atomic E-state index is 13.7. The summed E-state index contributed by atoms with van der Waals surface area (Å²) in [5.41, 5.74) is 1.19. The van der Waals surface area contributed by atoms with Crippen LogP contribution in [0, 0.1) is 5.82 Å². The molecule has 24 heavy (non-hydrogen) atoms. The smallest absolute Gasteiger partial charge is 0.254 e. The molecule has 1 fully saturated rings. The van der Waals surface area contributed by atoms with Gasteiger partial charge in [-0.25, -0.2) is 9.37 Å². The van der Waals surface area contributed by atoms with Crippen LogP contribution in [0.5, 0.6) is 5.88 Å². The Bertz CT molecular complexity index is 706. The Hall–Kier alpha value is -2.47. The van der Waals surface area contributed by atoms with E-state index in [-0.39, 0.29) is 17.5 Å². The second-order valence-corrected chi connectivity index (χ2v) is 5.88. The van der Waals surface area contributed by atoms with E-state index < -0.39 is 5.82 Å². The molecule has 5 nitrogen and oxygen atoms in total. The Balaban J connectivity index is 1.53. The van der Waals surface area contributed by atoms with E-state index in [0.29, 0.717) is 5.88 Å². The third kappa shape index (κ3) is 3.89.